The van der Waals surface area contributed by atoms with Crippen LogP contribution in [0.5, 0.6) is 0 Å². The summed E-state index contributed by atoms with van der Waals surface area (Å²) in [7, 11) is 0. The fraction of sp³-hybridized carbons (Fsp3) is 0.125. The van der Waals surface area contributed by atoms with Gasteiger partial charge in [0, 0.05) is 11.8 Å². The minimum absolute atomic E-state index is 0.134. The molecule has 13 heavy (non-hydrogen) atoms. The quantitative estimate of drug-likeness (QED) is 0.609. The molecular formula is C8H4F3N2. The van der Waals surface area contributed by atoms with Crippen molar-refractivity contribution in [3.05, 3.63) is 29.6 Å². The summed E-state index contributed by atoms with van der Waals surface area (Å²) in [5, 5.41) is 3.68. The number of fused-ring (bicyclic) bond motifs is 1. The molecule has 0 spiro atoms. The molecule has 0 fully saturated rings. The van der Waals surface area contributed by atoms with Gasteiger partial charge in [-0.05, 0) is 18.2 Å². The molecular weight excluding hydrogens is 181 g/mol. The van der Waals surface area contributed by atoms with E-state index in [2.05, 4.69) is 10.3 Å². The molecule has 1 aliphatic heterocycles. The normalized spacial score (nSPS) is 14.1. The van der Waals surface area contributed by atoms with Gasteiger partial charge in [-0.15, -0.1) is 0 Å². The number of rotatable bonds is 0. The third kappa shape index (κ3) is 1.37. The number of aromatic nitrogens is 1. The van der Waals surface area contributed by atoms with Crippen molar-refractivity contribution in [1.29, 1.82) is 0 Å². The molecule has 0 saturated heterocycles. The molecule has 0 aromatic carbocycles. The summed E-state index contributed by atoms with van der Waals surface area (Å²) in [6.07, 6.45) is -1.35. The summed E-state index contributed by atoms with van der Waals surface area (Å²) in [6, 6.07) is 2.31. The molecule has 2 rings (SSSR count). The van der Waals surface area contributed by atoms with Gasteiger partial charge in [-0.3, -0.25) is 0 Å². The van der Waals surface area contributed by atoms with Crippen molar-refractivity contribution >= 4 is 11.9 Å². The third-order valence-corrected chi connectivity index (χ3v) is 1.65. The van der Waals surface area contributed by atoms with E-state index in [4.69, 9.17) is 0 Å². The summed E-state index contributed by atoms with van der Waals surface area (Å²) in [4.78, 5) is 3.37. The minimum atomic E-state index is -4.40. The van der Waals surface area contributed by atoms with Crippen LogP contribution in [0.4, 0.5) is 19.0 Å². The van der Waals surface area contributed by atoms with Crippen LogP contribution in [-0.4, -0.2) is 4.98 Å². The van der Waals surface area contributed by atoms with Crippen molar-refractivity contribution in [1.82, 2.24) is 10.3 Å². The van der Waals surface area contributed by atoms with Crippen molar-refractivity contribution in [2.75, 3.05) is 0 Å². The Balaban J connectivity index is 2.45. The topological polar surface area (TPSA) is 27.0 Å². The molecule has 2 nitrogen and oxygen atoms in total. The Morgan fingerprint density at radius 2 is 1.92 bits per heavy atom. The molecule has 0 N–H and O–H groups in total. The molecule has 1 aromatic rings. The molecule has 1 aromatic heterocycles. The second-order valence-electron chi connectivity index (χ2n) is 2.55. The Morgan fingerprint density at radius 3 is 2.62 bits per heavy atom. The SMILES string of the molecule is FC(F)(F)c1ccc2c(n1)[N]C=C2. The van der Waals surface area contributed by atoms with Crippen molar-refractivity contribution in [3.8, 4) is 0 Å². The third-order valence-electron chi connectivity index (χ3n) is 1.65. The van der Waals surface area contributed by atoms with E-state index < -0.39 is 11.9 Å². The second kappa shape index (κ2) is 2.48. The Morgan fingerprint density at radius 1 is 1.15 bits per heavy atom. The number of pyridine rings is 1. The number of nitrogens with zero attached hydrogens (tertiary/aromatic N) is 2. The van der Waals surface area contributed by atoms with Crippen LogP contribution >= 0.6 is 0 Å². The van der Waals surface area contributed by atoms with E-state index in [0.29, 0.717) is 5.56 Å². The lowest BCUT2D eigenvalue weighted by Gasteiger charge is -2.06. The predicted octanol–water partition coefficient (Wildman–Crippen LogP) is 2.32. The second-order valence-corrected chi connectivity index (χ2v) is 2.55. The van der Waals surface area contributed by atoms with E-state index in [1.54, 1.807) is 6.08 Å². The molecule has 0 saturated carbocycles. The summed E-state index contributed by atoms with van der Waals surface area (Å²) in [5.74, 6) is 0.134. The smallest absolute Gasteiger partial charge is 0.237 e. The van der Waals surface area contributed by atoms with E-state index in [1.807, 2.05) is 0 Å². The molecule has 1 radical (unpaired) electrons. The first-order chi connectivity index (χ1) is 6.07. The highest BCUT2D eigenvalue weighted by Gasteiger charge is 2.33. The predicted molar refractivity (Wildman–Crippen MR) is 40.1 cm³/mol. The zero-order valence-electron chi connectivity index (χ0n) is 6.34. The number of hydrogen-bond acceptors (Lipinski definition) is 1. The van der Waals surface area contributed by atoms with Gasteiger partial charge in [-0.2, -0.15) is 13.2 Å². The maximum atomic E-state index is 12.1. The van der Waals surface area contributed by atoms with Crippen LogP contribution in [0.1, 0.15) is 11.3 Å². The van der Waals surface area contributed by atoms with Crippen molar-refractivity contribution in [3.63, 3.8) is 0 Å². The highest BCUT2D eigenvalue weighted by molar-refractivity contribution is 5.65. The number of hydrogen-bond donors (Lipinski definition) is 0. The van der Waals surface area contributed by atoms with Gasteiger partial charge in [0.25, 0.3) is 0 Å². The Hall–Kier alpha value is -1.52. The highest BCUT2D eigenvalue weighted by atomic mass is 19.4. The molecule has 0 atom stereocenters. The van der Waals surface area contributed by atoms with Crippen molar-refractivity contribution in [2.24, 2.45) is 0 Å². The lowest BCUT2D eigenvalue weighted by Crippen LogP contribution is -2.08. The van der Waals surface area contributed by atoms with Gasteiger partial charge in [-0.1, -0.05) is 0 Å². The first-order valence-corrected chi connectivity index (χ1v) is 3.53. The van der Waals surface area contributed by atoms with Gasteiger partial charge >= 0.3 is 6.18 Å². The Labute approximate surface area is 72.1 Å². The highest BCUT2D eigenvalue weighted by Crippen LogP contribution is 2.30. The van der Waals surface area contributed by atoms with E-state index in [1.165, 1.54) is 12.3 Å². The van der Waals surface area contributed by atoms with Crippen LogP contribution in [0.15, 0.2) is 18.3 Å². The largest absolute Gasteiger partial charge is 0.433 e. The monoisotopic (exact) mass is 185 g/mol. The van der Waals surface area contributed by atoms with Crippen molar-refractivity contribution in [2.45, 2.75) is 6.18 Å². The molecule has 0 bridgehead atoms. The van der Waals surface area contributed by atoms with Crippen LogP contribution in [0.3, 0.4) is 0 Å². The van der Waals surface area contributed by atoms with Gasteiger partial charge in [0.05, 0.1) is 0 Å². The summed E-state index contributed by atoms with van der Waals surface area (Å²) in [5.41, 5.74) is -0.285. The van der Waals surface area contributed by atoms with E-state index in [9.17, 15) is 13.2 Å². The van der Waals surface area contributed by atoms with Crippen LogP contribution in [-0.2, 0) is 6.18 Å². The van der Waals surface area contributed by atoms with Crippen LogP contribution in [0.2, 0.25) is 0 Å². The van der Waals surface area contributed by atoms with Gasteiger partial charge in [-0.25, -0.2) is 10.3 Å². The molecule has 0 unspecified atom stereocenters. The maximum Gasteiger partial charge on any atom is 0.433 e. The van der Waals surface area contributed by atoms with Gasteiger partial charge < -0.3 is 0 Å². The van der Waals surface area contributed by atoms with E-state index in [-0.39, 0.29) is 5.82 Å². The van der Waals surface area contributed by atoms with Gasteiger partial charge in [0.15, 0.2) is 5.82 Å². The lowest BCUT2D eigenvalue weighted by atomic mass is 10.2. The molecule has 67 valence electrons. The fourth-order valence-electron chi connectivity index (χ4n) is 1.04. The van der Waals surface area contributed by atoms with Crippen LogP contribution < -0.4 is 5.32 Å². The average Bonchev–Trinajstić information content (AvgIpc) is 2.47. The molecule has 5 heteroatoms. The molecule has 0 aliphatic carbocycles. The Kier molecular flexibility index (Phi) is 1.55. The van der Waals surface area contributed by atoms with Gasteiger partial charge in [0.1, 0.15) is 5.69 Å². The zero-order valence-corrected chi connectivity index (χ0v) is 6.34. The molecule has 0 amide bonds. The first-order valence-electron chi connectivity index (χ1n) is 3.53. The summed E-state index contributed by atoms with van der Waals surface area (Å²) in [6.45, 7) is 0. The van der Waals surface area contributed by atoms with Crippen molar-refractivity contribution < 1.29 is 13.2 Å². The lowest BCUT2D eigenvalue weighted by molar-refractivity contribution is -0.141. The number of alkyl halides is 3. The van der Waals surface area contributed by atoms with Gasteiger partial charge in [0.2, 0.25) is 0 Å². The maximum absolute atomic E-state index is 12.1. The molecule has 2 heterocycles. The average molecular weight is 185 g/mol. The van der Waals surface area contributed by atoms with E-state index >= 15 is 0 Å². The van der Waals surface area contributed by atoms with Crippen LogP contribution in [0, 0.1) is 0 Å². The first kappa shape index (κ1) is 8.10. The van der Waals surface area contributed by atoms with E-state index in [0.717, 1.165) is 6.07 Å². The standard InChI is InChI=1S/C8H4F3N2/c9-8(10,11)6-2-1-5-3-4-12-7(5)13-6/h1-4H. The fourth-order valence-corrected chi connectivity index (χ4v) is 1.04. The molecule has 1 aliphatic rings. The summed E-state index contributed by atoms with van der Waals surface area (Å²) < 4.78 is 36.4. The van der Waals surface area contributed by atoms with Crippen LogP contribution in [0.25, 0.3) is 6.08 Å². The zero-order chi connectivity index (χ0) is 9.47. The minimum Gasteiger partial charge on any atom is -0.237 e. The number of halogens is 3. The summed E-state index contributed by atoms with van der Waals surface area (Å²) >= 11 is 0. The Bertz CT molecular complexity index is 368.